The Morgan fingerprint density at radius 3 is 2.74 bits per heavy atom. The molecule has 5 heteroatoms. The predicted octanol–water partition coefficient (Wildman–Crippen LogP) is 2.58. The van der Waals surface area contributed by atoms with Crippen molar-refractivity contribution in [1.82, 2.24) is 10.2 Å². The van der Waals surface area contributed by atoms with Crippen molar-refractivity contribution in [3.63, 3.8) is 0 Å². The molecule has 19 heavy (non-hydrogen) atoms. The number of rotatable bonds is 7. The Morgan fingerprint density at radius 1 is 1.37 bits per heavy atom. The molecule has 3 nitrogen and oxygen atoms in total. The van der Waals surface area contributed by atoms with E-state index in [1.54, 1.807) is 0 Å². The lowest BCUT2D eigenvalue weighted by atomic mass is 10.2. The summed E-state index contributed by atoms with van der Waals surface area (Å²) < 4.78 is 13.5. The molecule has 0 bridgehead atoms. The molecule has 0 aliphatic rings. The van der Waals surface area contributed by atoms with E-state index in [1.165, 1.54) is 18.2 Å². The van der Waals surface area contributed by atoms with Crippen molar-refractivity contribution in [3.05, 3.63) is 29.6 Å². The first-order chi connectivity index (χ1) is 9.08. The number of likely N-dealkylation sites (N-methyl/N-ethyl adjacent to an activating group) is 1. The molecule has 0 fully saturated rings. The number of nitrogens with zero attached hydrogens (tertiary/aromatic N) is 1. The van der Waals surface area contributed by atoms with Crippen LogP contribution in [0.3, 0.4) is 0 Å². The molecule has 1 amide bonds. The van der Waals surface area contributed by atoms with Crippen LogP contribution in [0.15, 0.2) is 23.1 Å². The maximum absolute atomic E-state index is 13.5. The molecule has 0 aromatic heterocycles. The Kier molecular flexibility index (Phi) is 6.87. The molecule has 0 saturated heterocycles. The maximum atomic E-state index is 13.5. The Bertz CT molecular complexity index is 426. The topological polar surface area (TPSA) is 32.3 Å². The molecule has 0 atom stereocenters. The number of hydrogen-bond donors (Lipinski definition) is 2. The fourth-order valence-corrected chi connectivity index (χ4v) is 2.06. The van der Waals surface area contributed by atoms with Gasteiger partial charge in [-0.15, -0.1) is 12.6 Å². The van der Waals surface area contributed by atoms with Gasteiger partial charge in [0.2, 0.25) is 0 Å². The van der Waals surface area contributed by atoms with Crippen LogP contribution in [0.2, 0.25) is 0 Å². The van der Waals surface area contributed by atoms with Crippen LogP contribution < -0.4 is 5.32 Å². The third-order valence-corrected chi connectivity index (χ3v) is 3.17. The second-order valence-corrected chi connectivity index (χ2v) is 4.87. The molecule has 106 valence electrons. The molecular formula is C14H21FN2OS. The summed E-state index contributed by atoms with van der Waals surface area (Å²) >= 11 is 4.11. The first-order valence-electron chi connectivity index (χ1n) is 6.57. The summed E-state index contributed by atoms with van der Waals surface area (Å²) in [5, 5.41) is 2.74. The van der Waals surface area contributed by atoms with Crippen molar-refractivity contribution in [3.8, 4) is 0 Å². The summed E-state index contributed by atoms with van der Waals surface area (Å²) in [6, 6.07) is 4.22. The van der Waals surface area contributed by atoms with E-state index in [9.17, 15) is 9.18 Å². The lowest BCUT2D eigenvalue weighted by Gasteiger charge is -2.19. The summed E-state index contributed by atoms with van der Waals surface area (Å²) in [5.41, 5.74) is 0.0473. The Balaban J connectivity index is 2.49. The SMILES string of the molecule is CCCN(CC)CCNC(=O)c1cc(S)ccc1F. The van der Waals surface area contributed by atoms with E-state index in [0.29, 0.717) is 11.4 Å². The zero-order valence-electron chi connectivity index (χ0n) is 11.4. The average molecular weight is 284 g/mol. The number of carbonyl (C=O) groups excluding carboxylic acids is 1. The van der Waals surface area contributed by atoms with Gasteiger partial charge in [-0.2, -0.15) is 0 Å². The van der Waals surface area contributed by atoms with E-state index >= 15 is 0 Å². The van der Waals surface area contributed by atoms with E-state index < -0.39 is 5.82 Å². The van der Waals surface area contributed by atoms with Gasteiger partial charge in [0.1, 0.15) is 5.82 Å². The molecule has 1 rings (SSSR count). The Morgan fingerprint density at radius 2 is 2.11 bits per heavy atom. The van der Waals surface area contributed by atoms with Gasteiger partial charge >= 0.3 is 0 Å². The summed E-state index contributed by atoms with van der Waals surface area (Å²) in [4.78, 5) is 14.7. The number of thiol groups is 1. The van der Waals surface area contributed by atoms with Crippen molar-refractivity contribution in [2.24, 2.45) is 0 Å². The summed E-state index contributed by atoms with van der Waals surface area (Å²) in [6.07, 6.45) is 1.08. The van der Waals surface area contributed by atoms with Gasteiger partial charge in [-0.3, -0.25) is 4.79 Å². The quantitative estimate of drug-likeness (QED) is 0.754. The van der Waals surface area contributed by atoms with Gasteiger partial charge in [0, 0.05) is 18.0 Å². The highest BCUT2D eigenvalue weighted by Crippen LogP contribution is 2.13. The normalized spacial score (nSPS) is 10.8. The molecule has 0 saturated carbocycles. The van der Waals surface area contributed by atoms with Crippen LogP contribution in [-0.2, 0) is 0 Å². The van der Waals surface area contributed by atoms with Gasteiger partial charge in [0.05, 0.1) is 5.56 Å². The zero-order valence-corrected chi connectivity index (χ0v) is 12.3. The first-order valence-corrected chi connectivity index (χ1v) is 7.02. The molecule has 0 spiro atoms. The zero-order chi connectivity index (χ0) is 14.3. The van der Waals surface area contributed by atoms with Crippen LogP contribution in [0.1, 0.15) is 30.6 Å². The van der Waals surface area contributed by atoms with Crippen molar-refractivity contribution in [2.45, 2.75) is 25.2 Å². The predicted molar refractivity (Wildman–Crippen MR) is 78.4 cm³/mol. The standard InChI is InChI=1S/C14H21FN2OS/c1-3-8-17(4-2)9-7-16-14(18)12-10-11(19)5-6-13(12)15/h5-6,10,19H,3-4,7-9H2,1-2H3,(H,16,18). The summed E-state index contributed by atoms with van der Waals surface area (Å²) in [6.45, 7) is 7.45. The number of benzene rings is 1. The minimum atomic E-state index is -0.517. The van der Waals surface area contributed by atoms with Crippen LogP contribution in [-0.4, -0.2) is 37.0 Å². The lowest BCUT2D eigenvalue weighted by molar-refractivity contribution is 0.0944. The van der Waals surface area contributed by atoms with Gasteiger partial charge in [-0.05, 0) is 37.7 Å². The van der Waals surface area contributed by atoms with Crippen LogP contribution in [0.5, 0.6) is 0 Å². The molecular weight excluding hydrogens is 263 g/mol. The highest BCUT2D eigenvalue weighted by atomic mass is 32.1. The monoisotopic (exact) mass is 284 g/mol. The first kappa shape index (κ1) is 16.0. The molecule has 0 heterocycles. The summed E-state index contributed by atoms with van der Waals surface area (Å²) in [5.74, 6) is -0.905. The smallest absolute Gasteiger partial charge is 0.254 e. The van der Waals surface area contributed by atoms with Gasteiger partial charge in [-0.25, -0.2) is 4.39 Å². The molecule has 0 aliphatic heterocycles. The Hall–Kier alpha value is -1.07. The van der Waals surface area contributed by atoms with Gasteiger partial charge in [-0.1, -0.05) is 13.8 Å². The number of amides is 1. The van der Waals surface area contributed by atoms with Crippen molar-refractivity contribution >= 4 is 18.5 Å². The molecule has 0 radical (unpaired) electrons. The number of halogens is 1. The third kappa shape index (κ3) is 5.20. The highest BCUT2D eigenvalue weighted by molar-refractivity contribution is 7.80. The van der Waals surface area contributed by atoms with E-state index in [4.69, 9.17) is 0 Å². The minimum absolute atomic E-state index is 0.0473. The number of hydrogen-bond acceptors (Lipinski definition) is 3. The van der Waals surface area contributed by atoms with Crippen molar-refractivity contribution in [2.75, 3.05) is 26.2 Å². The number of carbonyl (C=O) groups is 1. The van der Waals surface area contributed by atoms with E-state index in [-0.39, 0.29) is 11.5 Å². The second-order valence-electron chi connectivity index (χ2n) is 4.35. The third-order valence-electron chi connectivity index (χ3n) is 2.90. The fourth-order valence-electron chi connectivity index (χ4n) is 1.85. The van der Waals surface area contributed by atoms with Crippen LogP contribution in [0.4, 0.5) is 4.39 Å². The molecule has 1 N–H and O–H groups in total. The lowest BCUT2D eigenvalue weighted by Crippen LogP contribution is -2.35. The van der Waals surface area contributed by atoms with Crippen molar-refractivity contribution < 1.29 is 9.18 Å². The van der Waals surface area contributed by atoms with E-state index in [2.05, 4.69) is 36.7 Å². The molecule has 1 aromatic rings. The van der Waals surface area contributed by atoms with Crippen LogP contribution >= 0.6 is 12.6 Å². The van der Waals surface area contributed by atoms with Gasteiger partial charge in [0.15, 0.2) is 0 Å². The summed E-state index contributed by atoms with van der Waals surface area (Å²) in [7, 11) is 0. The fraction of sp³-hybridized carbons (Fsp3) is 0.500. The van der Waals surface area contributed by atoms with Crippen molar-refractivity contribution in [1.29, 1.82) is 0 Å². The largest absolute Gasteiger partial charge is 0.351 e. The van der Waals surface area contributed by atoms with Crippen LogP contribution in [0, 0.1) is 5.82 Å². The Labute approximate surface area is 119 Å². The maximum Gasteiger partial charge on any atom is 0.254 e. The molecule has 0 unspecified atom stereocenters. The number of nitrogens with one attached hydrogen (secondary N) is 1. The van der Waals surface area contributed by atoms with E-state index in [0.717, 1.165) is 26.1 Å². The molecule has 0 aliphatic carbocycles. The van der Waals surface area contributed by atoms with Gasteiger partial charge in [0.25, 0.3) is 5.91 Å². The van der Waals surface area contributed by atoms with Gasteiger partial charge < -0.3 is 10.2 Å². The van der Waals surface area contributed by atoms with Crippen LogP contribution in [0.25, 0.3) is 0 Å². The highest BCUT2D eigenvalue weighted by Gasteiger charge is 2.11. The average Bonchev–Trinajstić information content (AvgIpc) is 2.40. The molecule has 1 aromatic carbocycles. The van der Waals surface area contributed by atoms with E-state index in [1.807, 2.05) is 0 Å². The second kappa shape index (κ2) is 8.17. The minimum Gasteiger partial charge on any atom is -0.351 e.